The first-order chi connectivity index (χ1) is 8.45. The summed E-state index contributed by atoms with van der Waals surface area (Å²) in [6.07, 6.45) is -2.01. The van der Waals surface area contributed by atoms with Crippen molar-refractivity contribution in [3.63, 3.8) is 0 Å². The van der Waals surface area contributed by atoms with Crippen LogP contribution < -0.4 is 0 Å². The molecule has 1 fully saturated rings. The fourth-order valence-electron chi connectivity index (χ4n) is 1.99. The molecular formula is C11H20F4N2O. The lowest BCUT2D eigenvalue weighted by atomic mass is 10.2. The minimum absolute atomic E-state index is 0.153. The van der Waals surface area contributed by atoms with E-state index in [9.17, 15) is 17.6 Å². The highest BCUT2D eigenvalue weighted by atomic mass is 19.3. The van der Waals surface area contributed by atoms with Crippen LogP contribution in [-0.2, 0) is 0 Å². The Morgan fingerprint density at radius 3 is 2.06 bits per heavy atom. The van der Waals surface area contributed by atoms with Gasteiger partial charge in [0.2, 0.25) is 0 Å². The largest absolute Gasteiger partial charge is 0.396 e. The highest BCUT2D eigenvalue weighted by molar-refractivity contribution is 4.79. The second-order valence-corrected chi connectivity index (χ2v) is 4.61. The molecule has 1 rings (SSSR count). The van der Waals surface area contributed by atoms with Crippen LogP contribution in [0.3, 0.4) is 0 Å². The van der Waals surface area contributed by atoms with Crippen LogP contribution in [0.2, 0.25) is 0 Å². The second-order valence-electron chi connectivity index (χ2n) is 4.61. The van der Waals surface area contributed by atoms with Crippen LogP contribution in [-0.4, -0.2) is 73.1 Å². The van der Waals surface area contributed by atoms with E-state index in [2.05, 4.69) is 4.90 Å². The van der Waals surface area contributed by atoms with Gasteiger partial charge in [0.15, 0.2) is 0 Å². The Balaban J connectivity index is 2.23. The van der Waals surface area contributed by atoms with Gasteiger partial charge in [0.1, 0.15) is 0 Å². The zero-order valence-corrected chi connectivity index (χ0v) is 10.3. The summed E-state index contributed by atoms with van der Waals surface area (Å²) < 4.78 is 49.8. The molecule has 0 bridgehead atoms. The summed E-state index contributed by atoms with van der Waals surface area (Å²) in [5, 5.41) is 8.64. The van der Waals surface area contributed by atoms with Crippen molar-refractivity contribution in [2.45, 2.75) is 25.2 Å². The van der Waals surface area contributed by atoms with Gasteiger partial charge in [-0.25, -0.2) is 8.78 Å². The second kappa shape index (κ2) is 7.25. The molecule has 1 heterocycles. The molecule has 0 spiro atoms. The lowest BCUT2D eigenvalue weighted by Gasteiger charge is -2.36. The van der Waals surface area contributed by atoms with Crippen LogP contribution in [0.5, 0.6) is 0 Å². The lowest BCUT2D eigenvalue weighted by molar-refractivity contribution is -0.145. The van der Waals surface area contributed by atoms with Gasteiger partial charge >= 0.3 is 12.3 Å². The third kappa shape index (κ3) is 5.07. The predicted octanol–water partition coefficient (Wildman–Crippen LogP) is 1.28. The SMILES string of the molecule is OCCCCN1CCN(CC(F)(F)C(F)F)CC1. The van der Waals surface area contributed by atoms with E-state index in [1.54, 1.807) is 0 Å². The molecule has 1 N–H and O–H groups in total. The van der Waals surface area contributed by atoms with E-state index in [1.807, 2.05) is 0 Å². The van der Waals surface area contributed by atoms with Crippen LogP contribution in [0.1, 0.15) is 12.8 Å². The molecule has 1 saturated heterocycles. The van der Waals surface area contributed by atoms with Crippen LogP contribution in [0.15, 0.2) is 0 Å². The van der Waals surface area contributed by atoms with Crippen molar-refractivity contribution < 1.29 is 22.7 Å². The van der Waals surface area contributed by atoms with Gasteiger partial charge in [-0.1, -0.05) is 0 Å². The molecule has 1 aliphatic heterocycles. The van der Waals surface area contributed by atoms with E-state index < -0.39 is 18.9 Å². The summed E-state index contributed by atoms with van der Waals surface area (Å²) in [5.41, 5.74) is 0. The normalized spacial score (nSPS) is 19.7. The maximum Gasteiger partial charge on any atom is 0.319 e. The van der Waals surface area contributed by atoms with E-state index >= 15 is 0 Å². The van der Waals surface area contributed by atoms with Gasteiger partial charge in [0, 0.05) is 32.8 Å². The fraction of sp³-hybridized carbons (Fsp3) is 1.00. The minimum atomic E-state index is -3.92. The number of unbranched alkanes of at least 4 members (excludes halogenated alkanes) is 1. The summed E-state index contributed by atoms with van der Waals surface area (Å²) in [6.45, 7) is 2.12. The van der Waals surface area contributed by atoms with Gasteiger partial charge in [0.05, 0.1) is 6.54 Å². The first-order valence-corrected chi connectivity index (χ1v) is 6.17. The Bertz CT molecular complexity index is 233. The van der Waals surface area contributed by atoms with Crippen LogP contribution in [0, 0.1) is 0 Å². The number of rotatable bonds is 7. The van der Waals surface area contributed by atoms with E-state index in [1.165, 1.54) is 4.90 Å². The smallest absolute Gasteiger partial charge is 0.319 e. The summed E-state index contributed by atoms with van der Waals surface area (Å²) in [5.74, 6) is -3.92. The molecule has 0 unspecified atom stereocenters. The molecule has 0 saturated carbocycles. The average molecular weight is 272 g/mol. The summed E-state index contributed by atoms with van der Waals surface area (Å²) in [7, 11) is 0. The Morgan fingerprint density at radius 1 is 1.00 bits per heavy atom. The molecule has 1 aliphatic rings. The molecule has 0 aromatic heterocycles. The van der Waals surface area contributed by atoms with Gasteiger partial charge in [-0.15, -0.1) is 0 Å². The standard InChI is InChI=1S/C11H20F4N2O/c12-10(13)11(14,15)9-17-6-4-16(5-7-17)3-1-2-8-18/h10,18H,1-9H2. The fourth-order valence-corrected chi connectivity index (χ4v) is 1.99. The zero-order valence-electron chi connectivity index (χ0n) is 10.3. The Hall–Kier alpha value is -0.400. The number of aliphatic hydroxyl groups excluding tert-OH is 1. The third-order valence-corrected chi connectivity index (χ3v) is 3.10. The molecule has 0 amide bonds. The van der Waals surface area contributed by atoms with E-state index in [4.69, 9.17) is 5.11 Å². The number of hydrogen-bond donors (Lipinski definition) is 1. The van der Waals surface area contributed by atoms with Crippen LogP contribution in [0.25, 0.3) is 0 Å². The Labute approximate surface area is 104 Å². The first kappa shape index (κ1) is 15.7. The highest BCUT2D eigenvalue weighted by Gasteiger charge is 2.42. The summed E-state index contributed by atoms with van der Waals surface area (Å²) in [4.78, 5) is 3.49. The van der Waals surface area contributed by atoms with E-state index in [-0.39, 0.29) is 6.61 Å². The molecule has 0 aromatic carbocycles. The number of piperazine rings is 1. The number of halogens is 4. The molecular weight excluding hydrogens is 252 g/mol. The molecule has 108 valence electrons. The Kier molecular flexibility index (Phi) is 6.31. The molecule has 0 aliphatic carbocycles. The molecule has 7 heteroatoms. The maximum atomic E-state index is 12.8. The maximum absolute atomic E-state index is 12.8. The number of alkyl halides is 4. The van der Waals surface area contributed by atoms with Gasteiger partial charge in [0.25, 0.3) is 0 Å². The van der Waals surface area contributed by atoms with Gasteiger partial charge in [-0.2, -0.15) is 8.78 Å². The van der Waals surface area contributed by atoms with Crippen LogP contribution in [0.4, 0.5) is 17.6 Å². The van der Waals surface area contributed by atoms with Gasteiger partial charge in [-0.3, -0.25) is 4.90 Å². The summed E-state index contributed by atoms with van der Waals surface area (Å²) in [6, 6.07) is 0. The number of aliphatic hydroxyl groups is 1. The van der Waals surface area contributed by atoms with Crippen molar-refractivity contribution >= 4 is 0 Å². The van der Waals surface area contributed by atoms with Crippen molar-refractivity contribution in [2.24, 2.45) is 0 Å². The molecule has 0 aromatic rings. The van der Waals surface area contributed by atoms with Gasteiger partial charge in [-0.05, 0) is 19.4 Å². The first-order valence-electron chi connectivity index (χ1n) is 6.17. The Morgan fingerprint density at radius 2 is 1.56 bits per heavy atom. The minimum Gasteiger partial charge on any atom is -0.396 e. The zero-order chi connectivity index (χ0) is 13.6. The van der Waals surface area contributed by atoms with Crippen molar-refractivity contribution in [1.82, 2.24) is 9.80 Å². The van der Waals surface area contributed by atoms with Crippen molar-refractivity contribution in [3.05, 3.63) is 0 Å². The third-order valence-electron chi connectivity index (χ3n) is 3.10. The highest BCUT2D eigenvalue weighted by Crippen LogP contribution is 2.24. The number of hydrogen-bond acceptors (Lipinski definition) is 3. The van der Waals surface area contributed by atoms with Crippen molar-refractivity contribution in [1.29, 1.82) is 0 Å². The van der Waals surface area contributed by atoms with E-state index in [0.29, 0.717) is 26.2 Å². The van der Waals surface area contributed by atoms with Crippen molar-refractivity contribution in [3.8, 4) is 0 Å². The van der Waals surface area contributed by atoms with E-state index in [0.717, 1.165) is 19.4 Å². The molecule has 3 nitrogen and oxygen atoms in total. The molecule has 18 heavy (non-hydrogen) atoms. The van der Waals surface area contributed by atoms with Crippen LogP contribution >= 0.6 is 0 Å². The monoisotopic (exact) mass is 272 g/mol. The predicted molar refractivity (Wildman–Crippen MR) is 60.2 cm³/mol. The molecule has 0 atom stereocenters. The average Bonchev–Trinajstić information content (AvgIpc) is 2.31. The molecule has 0 radical (unpaired) electrons. The van der Waals surface area contributed by atoms with Crippen molar-refractivity contribution in [2.75, 3.05) is 45.9 Å². The lowest BCUT2D eigenvalue weighted by Crippen LogP contribution is -2.51. The topological polar surface area (TPSA) is 26.7 Å². The quantitative estimate of drug-likeness (QED) is 0.558. The summed E-state index contributed by atoms with van der Waals surface area (Å²) >= 11 is 0. The number of nitrogens with zero attached hydrogens (tertiary/aromatic N) is 2. The van der Waals surface area contributed by atoms with Gasteiger partial charge < -0.3 is 10.0 Å².